The Balaban J connectivity index is 1.73. The number of anilines is 1. The van der Waals surface area contributed by atoms with Gasteiger partial charge in [0.1, 0.15) is 5.75 Å². The van der Waals surface area contributed by atoms with Crippen LogP contribution in [0.3, 0.4) is 0 Å². The molecular weight excluding hydrogens is 288 g/mol. The van der Waals surface area contributed by atoms with Crippen LogP contribution < -0.4 is 11.1 Å². The van der Waals surface area contributed by atoms with Crippen LogP contribution in [0.1, 0.15) is 11.3 Å². The van der Waals surface area contributed by atoms with Crippen LogP contribution in [0, 0.1) is 6.42 Å². The van der Waals surface area contributed by atoms with Crippen molar-refractivity contribution in [3.63, 3.8) is 0 Å². The van der Waals surface area contributed by atoms with Crippen molar-refractivity contribution in [2.24, 2.45) is 5.73 Å². The molecule has 6 nitrogen and oxygen atoms in total. The Morgan fingerprint density at radius 2 is 2.38 bits per heavy atom. The van der Waals surface area contributed by atoms with Crippen molar-refractivity contribution in [2.75, 3.05) is 5.32 Å². The molecule has 3 aromatic rings. The number of carbonyl (C=O) groups is 1. The van der Waals surface area contributed by atoms with E-state index in [1.807, 2.05) is 24.1 Å². The number of primary amides is 1. The molecule has 0 aliphatic carbocycles. The van der Waals surface area contributed by atoms with Gasteiger partial charge < -0.3 is 15.8 Å². The first kappa shape index (κ1) is 13.4. The van der Waals surface area contributed by atoms with Crippen LogP contribution in [-0.4, -0.2) is 21.1 Å². The number of urea groups is 1. The Bertz CT molecular complexity index is 793. The Hall–Kier alpha value is -2.54. The summed E-state index contributed by atoms with van der Waals surface area (Å²) >= 11 is 1.32. The lowest BCUT2D eigenvalue weighted by Gasteiger charge is -1.98. The summed E-state index contributed by atoms with van der Waals surface area (Å²) in [4.78, 5) is 18.1. The third kappa shape index (κ3) is 2.97. The molecule has 0 aliphatic rings. The second kappa shape index (κ2) is 5.45. The SMILES string of the molecule is NC(=O)Nc1nc([CH]Cc2c[nH]c3ccc(O)cc23)cs1. The molecule has 0 saturated carbocycles. The van der Waals surface area contributed by atoms with E-state index in [9.17, 15) is 9.90 Å². The molecule has 7 heteroatoms. The number of phenolic OH excluding ortho intramolecular Hbond substituents is 1. The fourth-order valence-electron chi connectivity index (χ4n) is 2.09. The van der Waals surface area contributed by atoms with E-state index >= 15 is 0 Å². The van der Waals surface area contributed by atoms with E-state index in [0.29, 0.717) is 11.6 Å². The number of fused-ring (bicyclic) bond motifs is 1. The lowest BCUT2D eigenvalue weighted by atomic mass is 10.1. The number of amides is 2. The molecule has 3 rings (SSSR count). The number of carbonyl (C=O) groups excluding carboxylic acids is 1. The molecule has 107 valence electrons. The normalized spacial score (nSPS) is 10.9. The molecular formula is C14H13N4O2S. The number of nitrogens with one attached hydrogen (secondary N) is 2. The number of hydrogen-bond donors (Lipinski definition) is 4. The van der Waals surface area contributed by atoms with Crippen LogP contribution in [0.2, 0.25) is 0 Å². The number of benzene rings is 1. The second-order valence-corrected chi connectivity index (χ2v) is 5.38. The number of thiazole rings is 1. The highest BCUT2D eigenvalue weighted by Gasteiger charge is 2.08. The van der Waals surface area contributed by atoms with Gasteiger partial charge in [-0.1, -0.05) is 0 Å². The zero-order valence-corrected chi connectivity index (χ0v) is 11.8. The number of H-pyrrole nitrogens is 1. The van der Waals surface area contributed by atoms with Gasteiger partial charge >= 0.3 is 6.03 Å². The molecule has 2 amide bonds. The van der Waals surface area contributed by atoms with Crippen LogP contribution >= 0.6 is 11.3 Å². The van der Waals surface area contributed by atoms with Gasteiger partial charge in [0.05, 0.1) is 5.69 Å². The Morgan fingerprint density at radius 3 is 3.19 bits per heavy atom. The van der Waals surface area contributed by atoms with Gasteiger partial charge in [0.2, 0.25) is 0 Å². The largest absolute Gasteiger partial charge is 0.508 e. The summed E-state index contributed by atoms with van der Waals surface area (Å²) in [5, 5.41) is 15.3. The van der Waals surface area contributed by atoms with Gasteiger partial charge in [-0.25, -0.2) is 9.78 Å². The van der Waals surface area contributed by atoms with E-state index in [0.717, 1.165) is 22.2 Å². The zero-order valence-electron chi connectivity index (χ0n) is 11.0. The van der Waals surface area contributed by atoms with Gasteiger partial charge in [-0.3, -0.25) is 5.32 Å². The molecule has 5 N–H and O–H groups in total. The number of rotatable bonds is 4. The molecule has 0 fully saturated rings. The van der Waals surface area contributed by atoms with E-state index in [2.05, 4.69) is 15.3 Å². The maximum Gasteiger partial charge on any atom is 0.318 e. The van der Waals surface area contributed by atoms with E-state index in [4.69, 9.17) is 5.73 Å². The van der Waals surface area contributed by atoms with Gasteiger partial charge in [-0.15, -0.1) is 11.3 Å². The van der Waals surface area contributed by atoms with Crippen LogP contribution in [-0.2, 0) is 6.42 Å². The molecule has 0 atom stereocenters. The zero-order chi connectivity index (χ0) is 14.8. The minimum Gasteiger partial charge on any atom is -0.508 e. The van der Waals surface area contributed by atoms with Gasteiger partial charge in [0.15, 0.2) is 5.13 Å². The average Bonchev–Trinajstić information content (AvgIpc) is 3.02. The standard InChI is InChI=1S/C14H13N4O2S/c15-13(20)18-14-17-9(7-21-14)2-1-8-6-16-12-4-3-10(19)5-11(8)12/h2-7,16,19H,1H2,(H3,15,17,18,20). The van der Waals surface area contributed by atoms with Gasteiger partial charge in [-0.05, 0) is 30.2 Å². The van der Waals surface area contributed by atoms with Crippen LogP contribution in [0.25, 0.3) is 10.9 Å². The summed E-state index contributed by atoms with van der Waals surface area (Å²) in [6.45, 7) is 0. The molecule has 0 bridgehead atoms. The molecule has 1 aromatic carbocycles. The van der Waals surface area contributed by atoms with Crippen LogP contribution in [0.4, 0.5) is 9.93 Å². The highest BCUT2D eigenvalue weighted by Crippen LogP contribution is 2.25. The lowest BCUT2D eigenvalue weighted by Crippen LogP contribution is -2.19. The summed E-state index contributed by atoms with van der Waals surface area (Å²) in [6.07, 6.45) is 4.54. The maximum absolute atomic E-state index is 10.7. The molecule has 0 saturated heterocycles. The molecule has 0 aliphatic heterocycles. The van der Waals surface area contributed by atoms with Gasteiger partial charge in [0, 0.05) is 28.9 Å². The topological polar surface area (TPSA) is 104 Å². The minimum atomic E-state index is -0.622. The summed E-state index contributed by atoms with van der Waals surface area (Å²) in [7, 11) is 0. The fourth-order valence-corrected chi connectivity index (χ4v) is 2.79. The summed E-state index contributed by atoms with van der Waals surface area (Å²) in [5.41, 5.74) is 7.86. The molecule has 2 heterocycles. The summed E-state index contributed by atoms with van der Waals surface area (Å²) in [5.74, 6) is 0.241. The Morgan fingerprint density at radius 1 is 1.52 bits per heavy atom. The third-order valence-electron chi connectivity index (χ3n) is 3.03. The third-order valence-corrected chi connectivity index (χ3v) is 3.81. The Kier molecular flexibility index (Phi) is 3.49. The van der Waals surface area contributed by atoms with Crippen molar-refractivity contribution in [1.82, 2.24) is 9.97 Å². The quantitative estimate of drug-likeness (QED) is 0.595. The molecule has 0 unspecified atom stereocenters. The monoisotopic (exact) mass is 301 g/mol. The van der Waals surface area contributed by atoms with Crippen LogP contribution in [0.5, 0.6) is 5.75 Å². The second-order valence-electron chi connectivity index (χ2n) is 4.52. The van der Waals surface area contributed by atoms with Crippen molar-refractivity contribution in [3.8, 4) is 5.75 Å². The van der Waals surface area contributed by atoms with Crippen molar-refractivity contribution in [3.05, 3.63) is 47.5 Å². The Labute approximate surface area is 124 Å². The number of aromatic hydroxyl groups is 1. The molecule has 1 radical (unpaired) electrons. The number of hydrogen-bond acceptors (Lipinski definition) is 4. The number of aromatic nitrogens is 2. The number of phenols is 1. The summed E-state index contributed by atoms with van der Waals surface area (Å²) < 4.78 is 0. The van der Waals surface area contributed by atoms with Crippen LogP contribution in [0.15, 0.2) is 29.8 Å². The smallest absolute Gasteiger partial charge is 0.318 e. The first-order valence-corrected chi connectivity index (χ1v) is 7.14. The number of aromatic amines is 1. The lowest BCUT2D eigenvalue weighted by molar-refractivity contribution is 0.259. The highest BCUT2D eigenvalue weighted by molar-refractivity contribution is 7.13. The molecule has 0 spiro atoms. The van der Waals surface area contributed by atoms with Crippen molar-refractivity contribution in [1.29, 1.82) is 0 Å². The average molecular weight is 301 g/mol. The van der Waals surface area contributed by atoms with E-state index < -0.39 is 6.03 Å². The predicted molar refractivity (Wildman–Crippen MR) is 82.4 cm³/mol. The maximum atomic E-state index is 10.7. The fraction of sp³-hybridized carbons (Fsp3) is 0.0714. The number of nitrogens with zero attached hydrogens (tertiary/aromatic N) is 1. The van der Waals surface area contributed by atoms with Crippen molar-refractivity contribution < 1.29 is 9.90 Å². The van der Waals surface area contributed by atoms with Gasteiger partial charge in [-0.2, -0.15) is 0 Å². The minimum absolute atomic E-state index is 0.241. The van der Waals surface area contributed by atoms with E-state index in [1.165, 1.54) is 11.3 Å². The van der Waals surface area contributed by atoms with Gasteiger partial charge in [0.25, 0.3) is 0 Å². The highest BCUT2D eigenvalue weighted by atomic mass is 32.1. The molecule has 21 heavy (non-hydrogen) atoms. The van der Waals surface area contributed by atoms with E-state index in [1.54, 1.807) is 12.1 Å². The number of nitrogens with two attached hydrogens (primary N) is 1. The molecule has 2 aromatic heterocycles. The van der Waals surface area contributed by atoms with Crippen molar-refractivity contribution in [2.45, 2.75) is 6.42 Å². The predicted octanol–water partition coefficient (Wildman–Crippen LogP) is 2.62. The summed E-state index contributed by atoms with van der Waals surface area (Å²) in [6, 6.07) is 4.60. The van der Waals surface area contributed by atoms with Crippen molar-refractivity contribution >= 4 is 33.4 Å². The first-order chi connectivity index (χ1) is 10.1. The first-order valence-electron chi connectivity index (χ1n) is 6.26. The van der Waals surface area contributed by atoms with E-state index in [-0.39, 0.29) is 5.75 Å².